The number of fused-ring (bicyclic) bond motifs is 1. The van der Waals surface area contributed by atoms with E-state index in [-0.39, 0.29) is 17.8 Å². The molecule has 0 saturated heterocycles. The summed E-state index contributed by atoms with van der Waals surface area (Å²) in [5, 5.41) is 0. The van der Waals surface area contributed by atoms with E-state index in [0.717, 1.165) is 31.1 Å². The van der Waals surface area contributed by atoms with Gasteiger partial charge in [0.05, 0.1) is 18.6 Å². The third-order valence-corrected chi connectivity index (χ3v) is 8.61. The Kier molecular flexibility index (Phi) is 5.01. The molecular weight excluding hydrogens is 397 g/mol. The van der Waals surface area contributed by atoms with Crippen LogP contribution < -0.4 is 0 Å². The number of rotatable bonds is 9. The van der Waals surface area contributed by atoms with Crippen LogP contribution in [0.4, 0.5) is 13.2 Å². The normalized spacial score (nSPS) is 38.3. The third-order valence-electron chi connectivity index (χ3n) is 7.56. The van der Waals surface area contributed by atoms with Crippen LogP contribution in [0.15, 0.2) is 0 Å². The number of esters is 1. The lowest BCUT2D eigenvalue weighted by atomic mass is 9.44. The van der Waals surface area contributed by atoms with E-state index in [0.29, 0.717) is 37.2 Å². The van der Waals surface area contributed by atoms with Gasteiger partial charge in [-0.05, 0) is 81.0 Å². The van der Waals surface area contributed by atoms with Gasteiger partial charge >= 0.3 is 21.6 Å². The molecule has 0 aliphatic heterocycles. The van der Waals surface area contributed by atoms with Crippen LogP contribution in [0.1, 0.15) is 64.2 Å². The van der Waals surface area contributed by atoms with Crippen molar-refractivity contribution in [3.05, 3.63) is 0 Å². The van der Waals surface area contributed by atoms with E-state index in [2.05, 4.69) is 4.18 Å². The maximum Gasteiger partial charge on any atom is 0.523 e. The van der Waals surface area contributed by atoms with E-state index in [1.165, 1.54) is 19.3 Å². The molecule has 9 heteroatoms. The predicted octanol–water partition coefficient (Wildman–Crippen LogP) is 4.17. The maximum absolute atomic E-state index is 12.8. The summed E-state index contributed by atoms with van der Waals surface area (Å²) < 4.78 is 67.4. The van der Waals surface area contributed by atoms with E-state index >= 15 is 0 Å². The molecule has 28 heavy (non-hydrogen) atoms. The summed E-state index contributed by atoms with van der Waals surface area (Å²) in [5.41, 5.74) is -5.21. The van der Waals surface area contributed by atoms with Gasteiger partial charge in [0.25, 0.3) is 0 Å². The Hall–Kier alpha value is -0.830. The van der Waals surface area contributed by atoms with Crippen molar-refractivity contribution in [2.24, 2.45) is 28.6 Å². The average molecular weight is 424 g/mol. The molecule has 5 rings (SSSR count). The summed E-state index contributed by atoms with van der Waals surface area (Å²) in [5.74, 6) is 2.20. The predicted molar refractivity (Wildman–Crippen MR) is 93.4 cm³/mol. The fraction of sp³-hybridized carbons (Fsp3) is 0.947. The van der Waals surface area contributed by atoms with Gasteiger partial charge < -0.3 is 4.74 Å². The van der Waals surface area contributed by atoms with Gasteiger partial charge in [-0.1, -0.05) is 6.42 Å². The molecule has 160 valence electrons. The quantitative estimate of drug-likeness (QED) is 0.240. The van der Waals surface area contributed by atoms with Crippen molar-refractivity contribution in [3.8, 4) is 0 Å². The number of hydrogen-bond donors (Lipinski definition) is 0. The molecule has 0 heterocycles. The molecule has 0 amide bonds. The van der Waals surface area contributed by atoms with Crippen molar-refractivity contribution >= 4 is 16.1 Å². The number of carbonyl (C=O) groups excluding carboxylic acids is 1. The van der Waals surface area contributed by atoms with Crippen LogP contribution in [0.3, 0.4) is 0 Å². The van der Waals surface area contributed by atoms with Crippen LogP contribution in [0.25, 0.3) is 0 Å². The Balaban J connectivity index is 1.12. The average Bonchev–Trinajstić information content (AvgIpc) is 2.71. The molecule has 5 atom stereocenters. The largest absolute Gasteiger partial charge is 0.523 e. The van der Waals surface area contributed by atoms with Crippen LogP contribution in [-0.4, -0.2) is 33.1 Å². The van der Waals surface area contributed by atoms with E-state index < -0.39 is 22.2 Å². The Morgan fingerprint density at radius 2 is 1.71 bits per heavy atom. The fourth-order valence-electron chi connectivity index (χ4n) is 6.76. The van der Waals surface area contributed by atoms with Crippen LogP contribution in [0.5, 0.6) is 0 Å². The summed E-state index contributed by atoms with van der Waals surface area (Å²) in [7, 11) is -5.50. The lowest BCUT2D eigenvalue weighted by Crippen LogP contribution is -2.52. The Labute approximate surface area is 163 Å². The molecule has 1 spiro atoms. The Morgan fingerprint density at radius 1 is 1.00 bits per heavy atom. The number of alkyl halides is 3. The van der Waals surface area contributed by atoms with Crippen molar-refractivity contribution in [3.63, 3.8) is 0 Å². The highest BCUT2D eigenvalue weighted by Crippen LogP contribution is 2.78. The molecule has 0 N–H and O–H groups in total. The van der Waals surface area contributed by atoms with Crippen LogP contribution in [-0.2, 0) is 23.8 Å². The standard InChI is InChI=1S/C19H27F3O5S/c20-19(21,22)28(24,25)27-6-4-2-1-3-5-26-16(23)18-9-13-7-14-10-17(8-13,12-18)15(14)11-18/h13-15H,1-12H2. The first-order chi connectivity index (χ1) is 13.1. The molecule has 5 aliphatic rings. The van der Waals surface area contributed by atoms with Gasteiger partial charge in [-0.15, -0.1) is 0 Å². The second-order valence-corrected chi connectivity index (χ2v) is 11.0. The van der Waals surface area contributed by atoms with Crippen molar-refractivity contribution < 1.29 is 35.3 Å². The summed E-state index contributed by atoms with van der Waals surface area (Å²) in [4.78, 5) is 12.8. The minimum Gasteiger partial charge on any atom is -0.465 e. The summed E-state index contributed by atoms with van der Waals surface area (Å²) >= 11 is 0. The molecule has 5 unspecified atom stereocenters. The monoisotopic (exact) mass is 424 g/mol. The number of carbonyl (C=O) groups is 1. The highest BCUT2D eigenvalue weighted by atomic mass is 32.2. The molecular formula is C19H27F3O5S. The number of unbranched alkanes of at least 4 members (excludes halogenated alkanes) is 3. The van der Waals surface area contributed by atoms with E-state index in [1.807, 2.05) is 0 Å². The summed E-state index contributed by atoms with van der Waals surface area (Å²) in [6.45, 7) is -0.176. The first-order valence-electron chi connectivity index (χ1n) is 10.2. The van der Waals surface area contributed by atoms with Gasteiger partial charge in [0.2, 0.25) is 0 Å². The minimum atomic E-state index is -5.50. The zero-order valence-corrected chi connectivity index (χ0v) is 16.6. The molecule has 5 saturated carbocycles. The molecule has 0 radical (unpaired) electrons. The van der Waals surface area contributed by atoms with Crippen molar-refractivity contribution in [1.29, 1.82) is 0 Å². The van der Waals surface area contributed by atoms with Gasteiger partial charge in [-0.3, -0.25) is 8.98 Å². The molecule has 5 nitrogen and oxygen atoms in total. The van der Waals surface area contributed by atoms with Gasteiger partial charge in [0, 0.05) is 0 Å². The molecule has 5 fully saturated rings. The lowest BCUT2D eigenvalue weighted by Gasteiger charge is -2.60. The number of hydrogen-bond acceptors (Lipinski definition) is 5. The van der Waals surface area contributed by atoms with E-state index in [4.69, 9.17) is 4.74 Å². The van der Waals surface area contributed by atoms with Crippen LogP contribution >= 0.6 is 0 Å². The first kappa shape index (κ1) is 20.4. The van der Waals surface area contributed by atoms with E-state index in [1.54, 1.807) is 0 Å². The molecule has 5 aliphatic carbocycles. The Bertz CT molecular complexity index is 734. The maximum atomic E-state index is 12.8. The molecule has 0 aromatic carbocycles. The fourth-order valence-corrected chi connectivity index (χ4v) is 7.23. The van der Waals surface area contributed by atoms with Crippen molar-refractivity contribution in [2.75, 3.05) is 13.2 Å². The van der Waals surface area contributed by atoms with Crippen molar-refractivity contribution in [2.45, 2.75) is 69.7 Å². The van der Waals surface area contributed by atoms with Gasteiger partial charge in [-0.25, -0.2) is 0 Å². The van der Waals surface area contributed by atoms with Crippen LogP contribution in [0, 0.1) is 28.6 Å². The van der Waals surface area contributed by atoms with Gasteiger partial charge in [-0.2, -0.15) is 21.6 Å². The Morgan fingerprint density at radius 3 is 2.43 bits per heavy atom. The lowest BCUT2D eigenvalue weighted by molar-refractivity contribution is -0.163. The van der Waals surface area contributed by atoms with Crippen molar-refractivity contribution in [1.82, 2.24) is 0 Å². The minimum absolute atomic E-state index is 0.0498. The molecule has 4 bridgehead atoms. The highest BCUT2D eigenvalue weighted by Gasteiger charge is 2.72. The SMILES string of the molecule is O=C(OCCCCCCOS(=O)(=O)C(F)(F)F)C12CC3CC4CC(C3)(C1)C4C2. The molecule has 0 aromatic rings. The topological polar surface area (TPSA) is 69.7 Å². The van der Waals surface area contributed by atoms with Crippen LogP contribution in [0.2, 0.25) is 0 Å². The summed E-state index contributed by atoms with van der Waals surface area (Å²) in [6, 6.07) is 0. The van der Waals surface area contributed by atoms with Gasteiger partial charge in [0.1, 0.15) is 0 Å². The first-order valence-corrected chi connectivity index (χ1v) is 11.6. The second kappa shape index (κ2) is 6.86. The van der Waals surface area contributed by atoms with E-state index in [9.17, 15) is 26.4 Å². The van der Waals surface area contributed by atoms with Gasteiger partial charge in [0.15, 0.2) is 0 Å². The third kappa shape index (κ3) is 3.36. The number of ether oxygens (including phenoxy) is 1. The zero-order valence-electron chi connectivity index (χ0n) is 15.8. The summed E-state index contributed by atoms with van der Waals surface area (Å²) in [6.07, 6.45) is 8.86. The highest BCUT2D eigenvalue weighted by molar-refractivity contribution is 7.87. The smallest absolute Gasteiger partial charge is 0.465 e. The zero-order chi connectivity index (χ0) is 20.2. The second-order valence-electron chi connectivity index (χ2n) is 9.38. The molecule has 0 aromatic heterocycles. The number of halogens is 3.